The van der Waals surface area contributed by atoms with Crippen molar-refractivity contribution >= 4 is 23.2 Å². The maximum Gasteiger partial charge on any atom is 0.230 e. The van der Waals surface area contributed by atoms with Crippen LogP contribution in [0.2, 0.25) is 5.02 Å². The summed E-state index contributed by atoms with van der Waals surface area (Å²) in [5.41, 5.74) is 0.632. The highest BCUT2D eigenvalue weighted by molar-refractivity contribution is 6.31. The fourth-order valence-electron chi connectivity index (χ4n) is 2.56. The summed E-state index contributed by atoms with van der Waals surface area (Å²) in [6.45, 7) is 5.51. The molecule has 0 unspecified atom stereocenters. The molecule has 0 spiro atoms. The van der Waals surface area contributed by atoms with Crippen LogP contribution in [0.3, 0.4) is 0 Å². The van der Waals surface area contributed by atoms with Crippen LogP contribution in [-0.4, -0.2) is 52.8 Å². The molecule has 7 heteroatoms. The molecule has 0 aliphatic carbocycles. The lowest BCUT2D eigenvalue weighted by atomic mass is 10.2. The topological polar surface area (TPSA) is 47.2 Å². The number of carbonyl (C=O) groups excluding carboxylic acids is 1. The van der Waals surface area contributed by atoms with Crippen molar-refractivity contribution in [2.75, 3.05) is 52.2 Å². The number of halogens is 2. The molecular weight excluding hydrogens is 325 g/mol. The van der Waals surface area contributed by atoms with Crippen molar-refractivity contribution in [2.45, 2.75) is 6.42 Å². The Morgan fingerprint density at radius 3 is 2.64 bits per heavy atom. The number of carbonyl (C=O) groups is 1. The maximum absolute atomic E-state index is 12.1. The number of piperazine rings is 1. The van der Waals surface area contributed by atoms with Gasteiger partial charge in [-0.3, -0.25) is 4.79 Å². The van der Waals surface area contributed by atoms with Gasteiger partial charge >= 0.3 is 0 Å². The molecule has 1 aromatic rings. The van der Waals surface area contributed by atoms with Crippen molar-refractivity contribution in [1.29, 1.82) is 0 Å². The summed E-state index contributed by atoms with van der Waals surface area (Å²) in [5, 5.41) is 3.47. The van der Waals surface area contributed by atoms with E-state index in [9.17, 15) is 4.79 Å². The Morgan fingerprint density at radius 2 is 2.00 bits per heavy atom. The lowest BCUT2D eigenvalue weighted by molar-refractivity contribution is -1.00. The quantitative estimate of drug-likeness (QED) is 0.509. The van der Waals surface area contributed by atoms with Crippen LogP contribution in [0.1, 0.15) is 6.42 Å². The third-order valence-corrected chi connectivity index (χ3v) is 4.19. The summed E-state index contributed by atoms with van der Waals surface area (Å²) in [5.74, 6) is 0.637. The van der Waals surface area contributed by atoms with Crippen LogP contribution in [0.4, 0.5) is 5.69 Å². The van der Waals surface area contributed by atoms with Crippen molar-refractivity contribution < 1.29 is 31.7 Å². The number of hydrogen-bond acceptors (Lipinski definition) is 2. The van der Waals surface area contributed by atoms with E-state index in [0.717, 1.165) is 19.6 Å². The molecule has 22 heavy (non-hydrogen) atoms. The second-order valence-electron chi connectivity index (χ2n) is 5.60. The van der Waals surface area contributed by atoms with E-state index in [1.807, 2.05) is 0 Å². The summed E-state index contributed by atoms with van der Waals surface area (Å²) in [6.07, 6.45) is 0.518. The number of methoxy groups -OCH3 is 1. The van der Waals surface area contributed by atoms with Crippen LogP contribution in [-0.2, 0) is 4.79 Å². The molecule has 0 radical (unpaired) electrons. The molecule has 0 saturated carbocycles. The number of hydrogen-bond donors (Lipinski definition) is 3. The van der Waals surface area contributed by atoms with Gasteiger partial charge in [-0.25, -0.2) is 0 Å². The van der Waals surface area contributed by atoms with E-state index < -0.39 is 0 Å². The van der Waals surface area contributed by atoms with Crippen molar-refractivity contribution in [3.05, 3.63) is 23.2 Å². The molecule has 0 aromatic heterocycles. The van der Waals surface area contributed by atoms with E-state index in [1.54, 1.807) is 30.2 Å². The average molecular weight is 349 g/mol. The summed E-state index contributed by atoms with van der Waals surface area (Å²) in [4.78, 5) is 15.2. The Balaban J connectivity index is 0.00000242. The molecule has 1 heterocycles. The van der Waals surface area contributed by atoms with Gasteiger partial charge in [-0.15, -0.1) is 0 Å². The molecule has 1 fully saturated rings. The van der Waals surface area contributed by atoms with E-state index in [1.165, 1.54) is 18.0 Å². The molecule has 0 bridgehead atoms. The molecule has 3 N–H and O–H groups in total. The summed E-state index contributed by atoms with van der Waals surface area (Å²) in [6, 6.07) is 5.21. The molecule has 124 valence electrons. The Bertz CT molecular complexity index is 492. The van der Waals surface area contributed by atoms with E-state index in [2.05, 4.69) is 12.4 Å². The number of amides is 1. The van der Waals surface area contributed by atoms with Gasteiger partial charge in [-0.05, 0) is 18.2 Å². The van der Waals surface area contributed by atoms with Gasteiger partial charge in [0.25, 0.3) is 0 Å². The van der Waals surface area contributed by atoms with Gasteiger partial charge in [0.05, 0.1) is 32.8 Å². The second kappa shape index (κ2) is 9.20. The van der Waals surface area contributed by atoms with Gasteiger partial charge in [-0.1, -0.05) is 11.6 Å². The van der Waals surface area contributed by atoms with Crippen LogP contribution in [0.5, 0.6) is 5.75 Å². The zero-order valence-corrected chi connectivity index (χ0v) is 14.6. The first kappa shape index (κ1) is 19.0. The fraction of sp³-hybridized carbons (Fsp3) is 0.533. The molecule has 5 nitrogen and oxygen atoms in total. The molecule has 1 amide bonds. The van der Waals surface area contributed by atoms with Gasteiger partial charge in [0, 0.05) is 5.02 Å². The first-order chi connectivity index (χ1) is 10.1. The average Bonchev–Trinajstić information content (AvgIpc) is 2.47. The minimum Gasteiger partial charge on any atom is -1.00 e. The first-order valence-corrected chi connectivity index (χ1v) is 7.74. The number of likely N-dealkylation sites (N-methyl/N-ethyl adjacent to an activating group) is 1. The molecule has 1 aromatic carbocycles. The Hall–Kier alpha value is -1.01. The van der Waals surface area contributed by atoms with Gasteiger partial charge in [-0.2, -0.15) is 0 Å². The van der Waals surface area contributed by atoms with E-state index >= 15 is 0 Å². The zero-order chi connectivity index (χ0) is 15.2. The van der Waals surface area contributed by atoms with Crippen LogP contribution in [0, 0.1) is 0 Å². The monoisotopic (exact) mass is 348 g/mol. The van der Waals surface area contributed by atoms with Crippen molar-refractivity contribution in [3.63, 3.8) is 0 Å². The number of benzene rings is 1. The Labute approximate surface area is 143 Å². The van der Waals surface area contributed by atoms with Crippen molar-refractivity contribution in [2.24, 2.45) is 0 Å². The largest absolute Gasteiger partial charge is 1.00 e. The molecule has 1 aliphatic rings. The van der Waals surface area contributed by atoms with Crippen LogP contribution in [0.25, 0.3) is 0 Å². The van der Waals surface area contributed by atoms with Gasteiger partial charge in [0.15, 0.2) is 0 Å². The van der Waals surface area contributed by atoms with Crippen LogP contribution >= 0.6 is 11.6 Å². The number of rotatable bonds is 5. The standard InChI is InChI=1S/C15H22ClN3O2.ClH/c1-18-7-9-19(10-8-18)6-5-15(20)17-13-11-12(16)3-4-14(13)21-2;/h3-4,11H,5-10H2,1-2H3,(H,17,20);1H/p+1. The van der Waals surface area contributed by atoms with Crippen molar-refractivity contribution in [1.82, 2.24) is 0 Å². The number of ether oxygens (including phenoxy) is 1. The van der Waals surface area contributed by atoms with Gasteiger partial charge < -0.3 is 32.3 Å². The summed E-state index contributed by atoms with van der Waals surface area (Å²) in [7, 11) is 3.80. The Kier molecular flexibility index (Phi) is 7.96. The smallest absolute Gasteiger partial charge is 0.230 e. The Morgan fingerprint density at radius 1 is 1.32 bits per heavy atom. The molecule has 2 rings (SSSR count). The van der Waals surface area contributed by atoms with E-state index in [-0.39, 0.29) is 18.3 Å². The van der Waals surface area contributed by atoms with Gasteiger partial charge in [0.1, 0.15) is 31.9 Å². The SMILES string of the molecule is COc1ccc(Cl)cc1NC(=O)CC[NH+]1CC[NH+](C)CC1.[Cl-]. The third kappa shape index (κ3) is 5.65. The lowest BCUT2D eigenvalue weighted by Gasteiger charge is -2.27. The minimum absolute atomic E-state index is 0. The fourth-order valence-corrected chi connectivity index (χ4v) is 2.73. The maximum atomic E-state index is 12.1. The number of nitrogens with one attached hydrogen (secondary N) is 3. The second-order valence-corrected chi connectivity index (χ2v) is 6.04. The predicted molar refractivity (Wildman–Crippen MR) is 83.4 cm³/mol. The number of anilines is 1. The van der Waals surface area contributed by atoms with E-state index in [0.29, 0.717) is 22.9 Å². The number of quaternary nitrogens is 2. The molecule has 0 atom stereocenters. The normalized spacial score (nSPS) is 20.9. The van der Waals surface area contributed by atoms with Crippen molar-refractivity contribution in [3.8, 4) is 5.75 Å². The van der Waals surface area contributed by atoms with Crippen LogP contribution < -0.4 is 32.3 Å². The minimum atomic E-state index is 0. The summed E-state index contributed by atoms with van der Waals surface area (Å²) < 4.78 is 5.23. The van der Waals surface area contributed by atoms with E-state index in [4.69, 9.17) is 16.3 Å². The molecule has 1 aliphatic heterocycles. The highest BCUT2D eigenvalue weighted by Crippen LogP contribution is 2.27. The zero-order valence-electron chi connectivity index (χ0n) is 13.0. The molecule has 1 saturated heterocycles. The highest BCUT2D eigenvalue weighted by atomic mass is 35.5. The highest BCUT2D eigenvalue weighted by Gasteiger charge is 2.20. The predicted octanol–water partition coefficient (Wildman–Crippen LogP) is -3.91. The first-order valence-electron chi connectivity index (χ1n) is 7.36. The lowest BCUT2D eigenvalue weighted by Crippen LogP contribution is -3.27. The third-order valence-electron chi connectivity index (χ3n) is 3.95. The summed E-state index contributed by atoms with van der Waals surface area (Å²) >= 11 is 5.96. The van der Waals surface area contributed by atoms with Gasteiger partial charge in [0.2, 0.25) is 5.91 Å². The van der Waals surface area contributed by atoms with Crippen LogP contribution in [0.15, 0.2) is 18.2 Å². The molecular formula is C15H24Cl2N3O2+.